The molecule has 0 nitrogen and oxygen atoms in total. The van der Waals surface area contributed by atoms with E-state index in [-0.39, 0.29) is 28.7 Å². The van der Waals surface area contributed by atoms with Crippen LogP contribution in [0.25, 0.3) is 11.1 Å². The number of halogens is 9. The monoisotopic (exact) mass is 538 g/mol. The molecule has 0 fully saturated rings. The zero-order chi connectivity index (χ0) is 27.7. The first-order valence-electron chi connectivity index (χ1n) is 11.3. The van der Waals surface area contributed by atoms with Crippen LogP contribution in [-0.4, -0.2) is 0 Å². The first-order chi connectivity index (χ1) is 17.7. The molecule has 198 valence electrons. The largest absolute Gasteiger partial charge is 0.417 e. The molecular formula is C29H19F9. The van der Waals surface area contributed by atoms with Crippen LogP contribution < -0.4 is 0 Å². The molecule has 0 N–H and O–H groups in total. The Morgan fingerprint density at radius 3 is 1.79 bits per heavy atom. The van der Waals surface area contributed by atoms with Crippen LogP contribution in [0.1, 0.15) is 38.9 Å². The lowest BCUT2D eigenvalue weighted by Crippen LogP contribution is -2.16. The van der Waals surface area contributed by atoms with Gasteiger partial charge in [0.05, 0.1) is 16.7 Å². The zero-order valence-corrected chi connectivity index (χ0v) is 19.5. The molecule has 0 heterocycles. The Bertz CT molecular complexity index is 1410. The molecule has 0 spiro atoms. The Balaban J connectivity index is 1.97. The van der Waals surface area contributed by atoms with Crippen molar-refractivity contribution in [3.05, 3.63) is 130 Å². The predicted molar refractivity (Wildman–Crippen MR) is 125 cm³/mol. The van der Waals surface area contributed by atoms with E-state index in [1.54, 1.807) is 30.3 Å². The maximum absolute atomic E-state index is 14.6. The van der Waals surface area contributed by atoms with E-state index >= 15 is 0 Å². The molecule has 0 radical (unpaired) electrons. The predicted octanol–water partition coefficient (Wildman–Crippen LogP) is 9.59. The van der Waals surface area contributed by atoms with Crippen LogP contribution in [0.3, 0.4) is 0 Å². The summed E-state index contributed by atoms with van der Waals surface area (Å²) in [4.78, 5) is 0. The van der Waals surface area contributed by atoms with Gasteiger partial charge < -0.3 is 0 Å². The summed E-state index contributed by atoms with van der Waals surface area (Å²) in [6, 6.07) is 18.5. The van der Waals surface area contributed by atoms with Gasteiger partial charge in [-0.1, -0.05) is 72.8 Å². The molecule has 0 aliphatic rings. The molecule has 0 aliphatic heterocycles. The van der Waals surface area contributed by atoms with E-state index in [9.17, 15) is 39.5 Å². The second kappa shape index (κ2) is 10.2. The number of rotatable bonds is 5. The first-order valence-corrected chi connectivity index (χ1v) is 11.3. The molecule has 0 saturated carbocycles. The number of benzene rings is 4. The van der Waals surface area contributed by atoms with Gasteiger partial charge in [-0.3, -0.25) is 0 Å². The second-order valence-corrected chi connectivity index (χ2v) is 8.70. The van der Waals surface area contributed by atoms with Crippen molar-refractivity contribution < 1.29 is 39.5 Å². The molecule has 38 heavy (non-hydrogen) atoms. The minimum atomic E-state index is -5.01. The summed E-state index contributed by atoms with van der Waals surface area (Å²) in [5.74, 6) is 0. The molecule has 0 atom stereocenters. The second-order valence-electron chi connectivity index (χ2n) is 8.70. The molecule has 9 heteroatoms. The summed E-state index contributed by atoms with van der Waals surface area (Å²) in [7, 11) is 0. The van der Waals surface area contributed by atoms with E-state index in [4.69, 9.17) is 0 Å². The SMILES string of the molecule is FC(F)(F)c1cccc(-c2ccc(Cc3ccccc3C(F)(F)F)c(Cc3ccccc3)c2C(F)(F)F)c1. The van der Waals surface area contributed by atoms with Crippen LogP contribution in [0, 0.1) is 0 Å². The van der Waals surface area contributed by atoms with Crippen molar-refractivity contribution in [2.45, 2.75) is 31.4 Å². The minimum absolute atomic E-state index is 0.00592. The number of hydrogen-bond donors (Lipinski definition) is 0. The normalized spacial score (nSPS) is 12.6. The lowest BCUT2D eigenvalue weighted by Gasteiger charge is -2.23. The van der Waals surface area contributed by atoms with Gasteiger partial charge in [-0.2, -0.15) is 39.5 Å². The maximum Gasteiger partial charge on any atom is 0.417 e. The highest BCUT2D eigenvalue weighted by atomic mass is 19.4. The molecule has 0 amide bonds. The van der Waals surface area contributed by atoms with E-state index in [1.165, 1.54) is 24.3 Å². The molecule has 0 bridgehead atoms. The van der Waals surface area contributed by atoms with Crippen LogP contribution in [0.2, 0.25) is 0 Å². The fraction of sp³-hybridized carbons (Fsp3) is 0.172. The van der Waals surface area contributed by atoms with Crippen molar-refractivity contribution in [1.29, 1.82) is 0 Å². The van der Waals surface area contributed by atoms with Crippen LogP contribution in [0.5, 0.6) is 0 Å². The molecule has 0 unspecified atom stereocenters. The molecule has 4 aromatic carbocycles. The highest BCUT2D eigenvalue weighted by Crippen LogP contribution is 2.43. The van der Waals surface area contributed by atoms with E-state index < -0.39 is 47.2 Å². The van der Waals surface area contributed by atoms with Crippen molar-refractivity contribution in [3.8, 4) is 11.1 Å². The first kappa shape index (κ1) is 27.3. The Kier molecular flexibility index (Phi) is 7.32. The van der Waals surface area contributed by atoms with E-state index in [1.807, 2.05) is 0 Å². The maximum atomic E-state index is 14.6. The minimum Gasteiger partial charge on any atom is -0.166 e. The van der Waals surface area contributed by atoms with Crippen molar-refractivity contribution in [2.24, 2.45) is 0 Å². The molecule has 4 rings (SSSR count). The lowest BCUT2D eigenvalue weighted by atomic mass is 9.85. The molecule has 0 aliphatic carbocycles. The Morgan fingerprint density at radius 1 is 0.500 bits per heavy atom. The van der Waals surface area contributed by atoms with Gasteiger partial charge >= 0.3 is 18.5 Å². The van der Waals surface area contributed by atoms with Crippen LogP contribution in [-0.2, 0) is 31.4 Å². The topological polar surface area (TPSA) is 0 Å². The lowest BCUT2D eigenvalue weighted by molar-refractivity contribution is -0.139. The van der Waals surface area contributed by atoms with Gasteiger partial charge in [0, 0.05) is 0 Å². The third-order valence-electron chi connectivity index (χ3n) is 6.12. The van der Waals surface area contributed by atoms with Crippen molar-refractivity contribution in [3.63, 3.8) is 0 Å². The van der Waals surface area contributed by atoms with Gasteiger partial charge in [-0.25, -0.2) is 0 Å². The Labute approximate surface area is 212 Å². The highest BCUT2D eigenvalue weighted by Gasteiger charge is 2.39. The third-order valence-corrected chi connectivity index (χ3v) is 6.12. The molecule has 4 aromatic rings. The fourth-order valence-corrected chi connectivity index (χ4v) is 4.44. The number of hydrogen-bond acceptors (Lipinski definition) is 0. The fourth-order valence-electron chi connectivity index (χ4n) is 4.44. The Morgan fingerprint density at radius 2 is 1.16 bits per heavy atom. The number of alkyl halides is 9. The van der Waals surface area contributed by atoms with Crippen molar-refractivity contribution in [2.75, 3.05) is 0 Å². The quantitative estimate of drug-likeness (QED) is 0.222. The van der Waals surface area contributed by atoms with E-state index in [2.05, 4.69) is 0 Å². The highest BCUT2D eigenvalue weighted by molar-refractivity contribution is 5.72. The third kappa shape index (κ3) is 6.03. The van der Waals surface area contributed by atoms with E-state index in [0.717, 1.165) is 30.3 Å². The molecule has 0 saturated heterocycles. The van der Waals surface area contributed by atoms with Gasteiger partial charge in [-0.15, -0.1) is 0 Å². The zero-order valence-electron chi connectivity index (χ0n) is 19.5. The van der Waals surface area contributed by atoms with E-state index in [0.29, 0.717) is 11.6 Å². The van der Waals surface area contributed by atoms with Crippen molar-refractivity contribution >= 4 is 0 Å². The average Bonchev–Trinajstić information content (AvgIpc) is 2.84. The van der Waals surface area contributed by atoms with Crippen LogP contribution >= 0.6 is 0 Å². The standard InChI is InChI=1S/C29H19F9/c30-27(31,32)22-11-6-10-19(17-22)23-14-13-20(16-21-9-4-5-12-25(21)28(33,34)35)24(26(23)29(36,37)38)15-18-7-2-1-3-8-18/h1-14,17H,15-16H2. The smallest absolute Gasteiger partial charge is 0.166 e. The van der Waals surface area contributed by atoms with Crippen LogP contribution in [0.15, 0.2) is 91.0 Å². The van der Waals surface area contributed by atoms with Crippen LogP contribution in [0.4, 0.5) is 39.5 Å². The molecular weight excluding hydrogens is 519 g/mol. The van der Waals surface area contributed by atoms with Gasteiger partial charge in [0.1, 0.15) is 0 Å². The van der Waals surface area contributed by atoms with Gasteiger partial charge in [0.2, 0.25) is 0 Å². The average molecular weight is 538 g/mol. The van der Waals surface area contributed by atoms with Gasteiger partial charge in [0.15, 0.2) is 0 Å². The summed E-state index contributed by atoms with van der Waals surface area (Å²) in [6.45, 7) is 0. The summed E-state index contributed by atoms with van der Waals surface area (Å²) in [6.07, 6.45) is -15.2. The summed E-state index contributed by atoms with van der Waals surface area (Å²) in [5.41, 5.74) is -4.10. The summed E-state index contributed by atoms with van der Waals surface area (Å²) in [5, 5.41) is 0. The van der Waals surface area contributed by atoms with Gasteiger partial charge in [0.25, 0.3) is 0 Å². The Hall–Kier alpha value is -3.75. The molecule has 0 aromatic heterocycles. The van der Waals surface area contributed by atoms with Gasteiger partial charge in [-0.05, 0) is 64.4 Å². The van der Waals surface area contributed by atoms with Crippen molar-refractivity contribution in [1.82, 2.24) is 0 Å². The summed E-state index contributed by atoms with van der Waals surface area (Å²) < 4.78 is 125. The summed E-state index contributed by atoms with van der Waals surface area (Å²) >= 11 is 0.